The largest absolute Gasteiger partial charge is 0.501 e. The number of halogens is 2. The van der Waals surface area contributed by atoms with Gasteiger partial charge in [0.15, 0.2) is 5.65 Å². The van der Waals surface area contributed by atoms with Crippen molar-refractivity contribution in [3.63, 3.8) is 0 Å². The number of nitrogens with zero attached hydrogens (tertiary/aromatic N) is 5. The summed E-state index contributed by atoms with van der Waals surface area (Å²) in [5.74, 6) is -1.21. The average Bonchev–Trinajstić information content (AvgIpc) is 3.36. The van der Waals surface area contributed by atoms with Crippen molar-refractivity contribution in [1.29, 1.82) is 0 Å². The number of anilines is 1. The molecule has 1 saturated heterocycles. The van der Waals surface area contributed by atoms with E-state index in [1.165, 1.54) is 36.8 Å². The molecular formula is C24H23BrFN5O5S2. The molecule has 5 rings (SSSR count). The molecule has 200 valence electrons. The van der Waals surface area contributed by atoms with Crippen molar-refractivity contribution >= 4 is 48.6 Å². The lowest BCUT2D eigenvalue weighted by Gasteiger charge is -2.29. The number of hydrogen-bond donors (Lipinski definition) is 1. The van der Waals surface area contributed by atoms with Crippen molar-refractivity contribution in [2.24, 2.45) is 0 Å². The molecule has 1 aromatic carbocycles. The number of sulfonamides is 1. The predicted molar refractivity (Wildman–Crippen MR) is 145 cm³/mol. The average molecular weight is 625 g/mol. The molecule has 0 radical (unpaired) electrons. The highest BCUT2D eigenvalue weighted by atomic mass is 79.9. The summed E-state index contributed by atoms with van der Waals surface area (Å²) in [6.07, 6.45) is 3.31. The van der Waals surface area contributed by atoms with Crippen molar-refractivity contribution in [3.8, 4) is 16.5 Å². The molecule has 0 aliphatic carbocycles. The van der Waals surface area contributed by atoms with Gasteiger partial charge in [0, 0.05) is 50.9 Å². The number of hydrogen-bond acceptors (Lipinski definition) is 9. The minimum Gasteiger partial charge on any atom is -0.501 e. The second-order valence-corrected chi connectivity index (χ2v) is 12.9. The molecule has 0 saturated carbocycles. The first-order chi connectivity index (χ1) is 18.1. The quantitative estimate of drug-likeness (QED) is 0.348. The van der Waals surface area contributed by atoms with Crippen LogP contribution in [0.4, 0.5) is 10.1 Å². The van der Waals surface area contributed by atoms with Gasteiger partial charge in [-0.15, -0.1) is 11.3 Å². The Morgan fingerprint density at radius 1 is 1.24 bits per heavy atom. The van der Waals surface area contributed by atoms with Crippen LogP contribution in [0.15, 0.2) is 50.8 Å². The van der Waals surface area contributed by atoms with Gasteiger partial charge in [0.1, 0.15) is 16.5 Å². The zero-order valence-electron chi connectivity index (χ0n) is 20.4. The fraction of sp³-hybridized carbons (Fsp3) is 0.292. The third-order valence-corrected chi connectivity index (χ3v) is 9.61. The number of ether oxygens (including phenoxy) is 1. The summed E-state index contributed by atoms with van der Waals surface area (Å²) in [6, 6.07) is 5.48. The Labute approximate surface area is 230 Å². The lowest BCUT2D eigenvalue weighted by atomic mass is 10.1. The zero-order valence-corrected chi connectivity index (χ0v) is 23.6. The topological polar surface area (TPSA) is 117 Å². The summed E-state index contributed by atoms with van der Waals surface area (Å²) in [5, 5.41) is 11.1. The Balaban J connectivity index is 1.52. The highest BCUT2D eigenvalue weighted by Crippen LogP contribution is 2.33. The fourth-order valence-electron chi connectivity index (χ4n) is 4.12. The molecule has 1 N–H and O–H groups in total. The van der Waals surface area contributed by atoms with Crippen LogP contribution in [0.25, 0.3) is 16.3 Å². The van der Waals surface area contributed by atoms with Crippen LogP contribution in [0.5, 0.6) is 5.75 Å². The number of thiazole rings is 1. The number of rotatable bonds is 6. The smallest absolute Gasteiger partial charge is 0.300 e. The second-order valence-electron chi connectivity index (χ2n) is 8.80. The van der Waals surface area contributed by atoms with E-state index >= 15 is 0 Å². The maximum atomic E-state index is 13.9. The zero-order chi connectivity index (χ0) is 27.2. The normalized spacial score (nSPS) is 14.5. The van der Waals surface area contributed by atoms with Gasteiger partial charge in [-0.1, -0.05) is 6.07 Å². The van der Waals surface area contributed by atoms with Crippen LogP contribution in [0.3, 0.4) is 0 Å². The summed E-state index contributed by atoms with van der Waals surface area (Å²) in [7, 11) is -1.13. The number of benzene rings is 1. The monoisotopic (exact) mass is 623 g/mol. The summed E-state index contributed by atoms with van der Waals surface area (Å²) < 4.78 is 47.7. The standard InChI is InChI=1S/C24H23BrFN5O5S2/c1-29(2)38(34,35)19-10-15(26)4-3-14(19)9-17-12-27-23(37-17)20-21(32)24(33)31-13-16(11-18(25)22(31)28-20)30-5-7-36-8-6-30/h3-4,10-13,32H,5-9H2,1-2H3. The van der Waals surface area contributed by atoms with E-state index in [4.69, 9.17) is 4.74 Å². The van der Waals surface area contributed by atoms with Crippen molar-refractivity contribution in [2.45, 2.75) is 11.3 Å². The van der Waals surface area contributed by atoms with Crippen molar-refractivity contribution in [1.82, 2.24) is 18.7 Å². The maximum Gasteiger partial charge on any atom is 0.300 e. The lowest BCUT2D eigenvalue weighted by Crippen LogP contribution is -2.36. The van der Waals surface area contributed by atoms with E-state index in [1.807, 2.05) is 6.07 Å². The second kappa shape index (κ2) is 10.3. The summed E-state index contributed by atoms with van der Waals surface area (Å²) >= 11 is 4.66. The third-order valence-electron chi connectivity index (χ3n) is 6.13. The highest BCUT2D eigenvalue weighted by molar-refractivity contribution is 9.10. The molecule has 4 heterocycles. The summed E-state index contributed by atoms with van der Waals surface area (Å²) in [5.41, 5.74) is 0.878. The third kappa shape index (κ3) is 4.94. The fourth-order valence-corrected chi connectivity index (χ4v) is 6.68. The van der Waals surface area contributed by atoms with Crippen LogP contribution in [0, 0.1) is 5.82 Å². The molecule has 1 aliphatic heterocycles. The first-order valence-electron chi connectivity index (χ1n) is 11.5. The Bertz CT molecular complexity index is 1700. The first-order valence-corrected chi connectivity index (χ1v) is 14.5. The minimum absolute atomic E-state index is 0.0197. The van der Waals surface area contributed by atoms with Gasteiger partial charge in [-0.25, -0.2) is 27.1 Å². The van der Waals surface area contributed by atoms with Gasteiger partial charge in [-0.05, 0) is 39.7 Å². The molecule has 0 spiro atoms. The Kier molecular flexibility index (Phi) is 7.26. The molecule has 14 heteroatoms. The van der Waals surface area contributed by atoms with E-state index in [2.05, 4.69) is 30.8 Å². The van der Waals surface area contributed by atoms with Gasteiger partial charge < -0.3 is 14.7 Å². The minimum atomic E-state index is -3.88. The van der Waals surface area contributed by atoms with E-state index in [-0.39, 0.29) is 17.0 Å². The number of fused-ring (bicyclic) bond motifs is 1. The highest BCUT2D eigenvalue weighted by Gasteiger charge is 2.24. The van der Waals surface area contributed by atoms with E-state index < -0.39 is 27.1 Å². The molecule has 0 bridgehead atoms. The number of aromatic nitrogens is 3. The van der Waals surface area contributed by atoms with Gasteiger partial charge in [-0.3, -0.25) is 9.20 Å². The van der Waals surface area contributed by atoms with Crippen molar-refractivity contribution < 1.29 is 22.7 Å². The number of aromatic hydroxyl groups is 1. The first kappa shape index (κ1) is 26.7. The van der Waals surface area contributed by atoms with Crippen molar-refractivity contribution in [2.75, 3.05) is 45.3 Å². The number of morpholine rings is 1. The predicted octanol–water partition coefficient (Wildman–Crippen LogP) is 3.10. The molecule has 3 aromatic heterocycles. The molecule has 10 nitrogen and oxygen atoms in total. The van der Waals surface area contributed by atoms with Crippen molar-refractivity contribution in [3.05, 3.63) is 67.7 Å². The molecule has 38 heavy (non-hydrogen) atoms. The molecule has 0 atom stereocenters. The molecular weight excluding hydrogens is 601 g/mol. The van der Waals surface area contributed by atoms with Crippen LogP contribution in [-0.4, -0.2) is 72.6 Å². The Hall–Kier alpha value is -2.91. The number of pyridine rings is 1. The van der Waals surface area contributed by atoms with E-state index in [1.54, 1.807) is 6.20 Å². The van der Waals surface area contributed by atoms with Gasteiger partial charge in [0.05, 0.1) is 28.3 Å². The van der Waals surface area contributed by atoms with Gasteiger partial charge in [0.2, 0.25) is 15.8 Å². The van der Waals surface area contributed by atoms with Gasteiger partial charge in [-0.2, -0.15) is 0 Å². The molecule has 4 aromatic rings. The molecule has 0 unspecified atom stereocenters. The van der Waals surface area contributed by atoms with Crippen LogP contribution in [0.2, 0.25) is 0 Å². The van der Waals surface area contributed by atoms with Crippen LogP contribution in [-0.2, 0) is 21.2 Å². The van der Waals surface area contributed by atoms with E-state index in [0.717, 1.165) is 27.4 Å². The van der Waals surface area contributed by atoms with Crippen LogP contribution >= 0.6 is 27.3 Å². The summed E-state index contributed by atoms with van der Waals surface area (Å²) in [4.78, 5) is 24.6. The Morgan fingerprint density at radius 2 is 1.97 bits per heavy atom. The van der Waals surface area contributed by atoms with E-state index in [9.17, 15) is 22.7 Å². The Morgan fingerprint density at radius 3 is 2.68 bits per heavy atom. The summed E-state index contributed by atoms with van der Waals surface area (Å²) in [6.45, 7) is 2.52. The van der Waals surface area contributed by atoms with Crippen LogP contribution in [0.1, 0.15) is 10.4 Å². The van der Waals surface area contributed by atoms with E-state index in [0.29, 0.717) is 51.9 Å². The lowest BCUT2D eigenvalue weighted by molar-refractivity contribution is 0.122. The SMILES string of the molecule is CN(C)S(=O)(=O)c1cc(F)ccc1Cc1cnc(-c2nc3c(Br)cc(N4CCOCC4)cn3c(=O)c2O)s1. The van der Waals surface area contributed by atoms with Gasteiger partial charge in [0.25, 0.3) is 0 Å². The molecule has 1 aliphatic rings. The van der Waals surface area contributed by atoms with Crippen LogP contribution < -0.4 is 10.5 Å². The molecule has 1 fully saturated rings. The van der Waals surface area contributed by atoms with Gasteiger partial charge >= 0.3 is 5.56 Å². The maximum absolute atomic E-state index is 13.9. The molecule has 0 amide bonds.